The van der Waals surface area contributed by atoms with E-state index in [-0.39, 0.29) is 11.3 Å². The zero-order chi connectivity index (χ0) is 20.1. The van der Waals surface area contributed by atoms with E-state index < -0.39 is 22.7 Å². The number of hydrogen-bond acceptors (Lipinski definition) is 3. The number of hydrogen-bond donors (Lipinski definition) is 1. The number of ether oxygens (including phenoxy) is 1. The summed E-state index contributed by atoms with van der Waals surface area (Å²) in [6, 6.07) is 13.1. The Labute approximate surface area is 163 Å². The van der Waals surface area contributed by atoms with Gasteiger partial charge in [0.15, 0.2) is 0 Å². The third kappa shape index (κ3) is 5.01. The number of alkyl halides is 3. The van der Waals surface area contributed by atoms with Gasteiger partial charge in [0.2, 0.25) is 0 Å². The molecule has 0 radical (unpaired) electrons. The molecule has 0 aliphatic heterocycles. The summed E-state index contributed by atoms with van der Waals surface area (Å²) in [5, 5.41) is 2.00. The Kier molecular flexibility index (Phi) is 5.84. The first-order valence-corrected chi connectivity index (χ1v) is 8.50. The van der Waals surface area contributed by atoms with Gasteiger partial charge in [-0.2, -0.15) is 13.2 Å². The van der Waals surface area contributed by atoms with Crippen LogP contribution in [0.1, 0.15) is 21.5 Å². The van der Waals surface area contributed by atoms with Gasteiger partial charge in [0.1, 0.15) is 12.4 Å². The summed E-state index contributed by atoms with van der Waals surface area (Å²) in [4.78, 5) is 16.3. The Bertz CT molecular complexity index is 961. The van der Waals surface area contributed by atoms with Crippen LogP contribution in [0.3, 0.4) is 0 Å². The molecule has 4 nitrogen and oxygen atoms in total. The molecule has 2 aromatic carbocycles. The van der Waals surface area contributed by atoms with Crippen molar-refractivity contribution >= 4 is 23.2 Å². The SMILES string of the molecule is O=C(Nc1ccc(Cl)c(C(F)(F)F)c1)c1ccc(OCc2cccnc2)cc1. The highest BCUT2D eigenvalue weighted by Gasteiger charge is 2.33. The summed E-state index contributed by atoms with van der Waals surface area (Å²) in [6.45, 7) is 0.324. The van der Waals surface area contributed by atoms with Gasteiger partial charge in [-0.1, -0.05) is 17.7 Å². The van der Waals surface area contributed by atoms with Crippen LogP contribution < -0.4 is 10.1 Å². The predicted molar refractivity (Wildman–Crippen MR) is 99.4 cm³/mol. The molecular formula is C20H14ClF3N2O2. The Morgan fingerprint density at radius 3 is 2.50 bits per heavy atom. The predicted octanol–water partition coefficient (Wildman–Crippen LogP) is 5.59. The van der Waals surface area contributed by atoms with Gasteiger partial charge in [0, 0.05) is 29.2 Å². The Balaban J connectivity index is 1.65. The van der Waals surface area contributed by atoms with Gasteiger partial charge in [0.05, 0.1) is 10.6 Å². The molecule has 0 aliphatic rings. The lowest BCUT2D eigenvalue weighted by Crippen LogP contribution is -2.13. The Morgan fingerprint density at radius 1 is 1.11 bits per heavy atom. The van der Waals surface area contributed by atoms with Crippen molar-refractivity contribution in [2.75, 3.05) is 5.32 Å². The number of rotatable bonds is 5. The summed E-state index contributed by atoms with van der Waals surface area (Å²) in [6.07, 6.45) is -1.26. The molecular weight excluding hydrogens is 393 g/mol. The first-order chi connectivity index (χ1) is 13.3. The molecule has 28 heavy (non-hydrogen) atoms. The molecule has 0 bridgehead atoms. The minimum absolute atomic E-state index is 0.00127. The molecule has 1 N–H and O–H groups in total. The summed E-state index contributed by atoms with van der Waals surface area (Å²) in [5.41, 5.74) is 0.162. The molecule has 0 unspecified atom stereocenters. The summed E-state index contributed by atoms with van der Waals surface area (Å²) >= 11 is 5.58. The fourth-order valence-electron chi connectivity index (χ4n) is 2.38. The number of amides is 1. The summed E-state index contributed by atoms with van der Waals surface area (Å²) in [7, 11) is 0. The van der Waals surface area contributed by atoms with Crippen LogP contribution in [0.15, 0.2) is 67.0 Å². The zero-order valence-electron chi connectivity index (χ0n) is 14.3. The second-order valence-corrected chi connectivity index (χ2v) is 6.23. The number of carbonyl (C=O) groups is 1. The van der Waals surface area contributed by atoms with Gasteiger partial charge in [-0.15, -0.1) is 0 Å². The van der Waals surface area contributed by atoms with Gasteiger partial charge in [-0.3, -0.25) is 9.78 Å². The first-order valence-electron chi connectivity index (χ1n) is 8.13. The number of anilines is 1. The monoisotopic (exact) mass is 406 g/mol. The largest absolute Gasteiger partial charge is 0.489 e. The van der Waals surface area contributed by atoms with Crippen LogP contribution in [-0.4, -0.2) is 10.9 Å². The second kappa shape index (κ2) is 8.31. The average Bonchev–Trinajstić information content (AvgIpc) is 2.68. The van der Waals surface area contributed by atoms with E-state index in [9.17, 15) is 18.0 Å². The molecule has 144 valence electrons. The van der Waals surface area contributed by atoms with Gasteiger partial charge in [-0.05, 0) is 48.5 Å². The van der Waals surface area contributed by atoms with E-state index in [0.717, 1.165) is 17.7 Å². The van der Waals surface area contributed by atoms with Crippen LogP contribution in [0.25, 0.3) is 0 Å². The van der Waals surface area contributed by atoms with E-state index in [1.165, 1.54) is 18.2 Å². The molecule has 0 saturated heterocycles. The van der Waals surface area contributed by atoms with Crippen molar-refractivity contribution in [1.82, 2.24) is 4.98 Å². The maximum absolute atomic E-state index is 12.9. The molecule has 3 rings (SSSR count). The van der Waals surface area contributed by atoms with Crippen LogP contribution >= 0.6 is 11.6 Å². The van der Waals surface area contributed by atoms with Gasteiger partial charge in [0.25, 0.3) is 5.91 Å². The number of benzene rings is 2. The van der Waals surface area contributed by atoms with Crippen molar-refractivity contribution in [3.8, 4) is 5.75 Å². The molecule has 1 heterocycles. The molecule has 0 fully saturated rings. The molecule has 1 aromatic heterocycles. The van der Waals surface area contributed by atoms with Crippen molar-refractivity contribution in [2.45, 2.75) is 12.8 Å². The zero-order valence-corrected chi connectivity index (χ0v) is 15.1. The maximum atomic E-state index is 12.9. The van der Waals surface area contributed by atoms with Crippen LogP contribution in [0.4, 0.5) is 18.9 Å². The van der Waals surface area contributed by atoms with Crippen LogP contribution in [0.2, 0.25) is 5.02 Å². The minimum atomic E-state index is -4.61. The Hall–Kier alpha value is -3.06. The van der Waals surface area contributed by atoms with Crippen molar-refractivity contribution in [3.63, 3.8) is 0 Å². The van der Waals surface area contributed by atoms with Crippen LogP contribution in [0.5, 0.6) is 5.75 Å². The normalized spacial score (nSPS) is 11.1. The summed E-state index contributed by atoms with van der Waals surface area (Å²) < 4.78 is 44.3. The maximum Gasteiger partial charge on any atom is 0.417 e. The highest BCUT2D eigenvalue weighted by atomic mass is 35.5. The second-order valence-electron chi connectivity index (χ2n) is 5.82. The fraction of sp³-hybridized carbons (Fsp3) is 0.100. The first kappa shape index (κ1) is 19.7. The lowest BCUT2D eigenvalue weighted by atomic mass is 10.1. The van der Waals surface area contributed by atoms with E-state index in [2.05, 4.69) is 10.3 Å². The molecule has 0 aliphatic carbocycles. The number of pyridine rings is 1. The van der Waals surface area contributed by atoms with Gasteiger partial charge < -0.3 is 10.1 Å². The molecule has 0 spiro atoms. The van der Waals surface area contributed by atoms with Gasteiger partial charge in [-0.25, -0.2) is 0 Å². The third-order valence-corrected chi connectivity index (χ3v) is 4.10. The quantitative estimate of drug-likeness (QED) is 0.601. The fourth-order valence-corrected chi connectivity index (χ4v) is 2.60. The number of nitrogens with zero attached hydrogens (tertiary/aromatic N) is 1. The van der Waals surface area contributed by atoms with Crippen molar-refractivity contribution < 1.29 is 22.7 Å². The lowest BCUT2D eigenvalue weighted by molar-refractivity contribution is -0.137. The van der Waals surface area contributed by atoms with Crippen molar-refractivity contribution in [2.24, 2.45) is 0 Å². The molecule has 0 atom stereocenters. The van der Waals surface area contributed by atoms with Crippen molar-refractivity contribution in [1.29, 1.82) is 0 Å². The van der Waals surface area contributed by atoms with E-state index in [1.807, 2.05) is 6.07 Å². The number of nitrogens with one attached hydrogen (secondary N) is 1. The molecule has 8 heteroatoms. The summed E-state index contributed by atoms with van der Waals surface area (Å²) in [5.74, 6) is 0.000472. The van der Waals surface area contributed by atoms with E-state index in [1.54, 1.807) is 30.6 Å². The van der Waals surface area contributed by atoms with E-state index in [0.29, 0.717) is 12.4 Å². The molecule has 3 aromatic rings. The van der Waals surface area contributed by atoms with Crippen LogP contribution in [0, 0.1) is 0 Å². The molecule has 0 saturated carbocycles. The smallest absolute Gasteiger partial charge is 0.417 e. The number of aromatic nitrogens is 1. The third-order valence-electron chi connectivity index (χ3n) is 3.77. The highest BCUT2D eigenvalue weighted by molar-refractivity contribution is 6.31. The topological polar surface area (TPSA) is 51.2 Å². The van der Waals surface area contributed by atoms with E-state index >= 15 is 0 Å². The van der Waals surface area contributed by atoms with Crippen LogP contribution in [-0.2, 0) is 12.8 Å². The number of carbonyl (C=O) groups excluding carboxylic acids is 1. The average molecular weight is 407 g/mol. The minimum Gasteiger partial charge on any atom is -0.489 e. The standard InChI is InChI=1S/C20H14ClF3N2O2/c21-18-8-5-15(10-17(18)20(22,23)24)26-19(27)14-3-6-16(7-4-14)28-12-13-2-1-9-25-11-13/h1-11H,12H2,(H,26,27). The van der Waals surface area contributed by atoms with Gasteiger partial charge >= 0.3 is 6.18 Å². The lowest BCUT2D eigenvalue weighted by Gasteiger charge is -2.12. The highest BCUT2D eigenvalue weighted by Crippen LogP contribution is 2.36. The van der Waals surface area contributed by atoms with E-state index in [4.69, 9.17) is 16.3 Å². The molecule has 1 amide bonds. The Morgan fingerprint density at radius 2 is 1.86 bits per heavy atom. The number of halogens is 4. The van der Waals surface area contributed by atoms with Crippen molar-refractivity contribution in [3.05, 3.63) is 88.7 Å².